The molecule has 2 aromatic carbocycles. The van der Waals surface area contributed by atoms with Crippen molar-refractivity contribution in [1.29, 1.82) is 0 Å². The van der Waals surface area contributed by atoms with E-state index in [1.54, 1.807) is 12.1 Å². The third kappa shape index (κ3) is 4.21. The number of ether oxygens (including phenoxy) is 1. The van der Waals surface area contributed by atoms with Gasteiger partial charge in [0.2, 0.25) is 0 Å². The molecule has 0 saturated carbocycles. The molecule has 2 nitrogen and oxygen atoms in total. The lowest BCUT2D eigenvalue weighted by atomic mass is 10.1. The molecule has 0 fully saturated rings. The molecule has 0 aromatic heterocycles. The summed E-state index contributed by atoms with van der Waals surface area (Å²) in [6.07, 6.45) is 0.949. The summed E-state index contributed by atoms with van der Waals surface area (Å²) in [5.41, 5.74) is 1.49. The fraction of sp³-hybridized carbons (Fsp3) is 0.294. The fourth-order valence-electron chi connectivity index (χ4n) is 2.08. The number of hydrogen-bond acceptors (Lipinski definition) is 2. The Labute approximate surface area is 133 Å². The van der Waals surface area contributed by atoms with E-state index in [4.69, 9.17) is 4.74 Å². The largest absolute Gasteiger partial charge is 0.491 e. The third-order valence-electron chi connectivity index (χ3n) is 3.15. The van der Waals surface area contributed by atoms with Gasteiger partial charge in [-0.3, -0.25) is 0 Å². The summed E-state index contributed by atoms with van der Waals surface area (Å²) in [4.78, 5) is 0. The Balaban J connectivity index is 2.19. The van der Waals surface area contributed by atoms with Gasteiger partial charge in [0, 0.05) is 10.0 Å². The highest BCUT2D eigenvalue weighted by atomic mass is 79.9. The molecule has 2 rings (SSSR count). The van der Waals surface area contributed by atoms with E-state index >= 15 is 0 Å². The molecule has 0 radical (unpaired) electrons. The maximum absolute atomic E-state index is 13.9. The number of nitrogens with one attached hydrogen (secondary N) is 1. The van der Waals surface area contributed by atoms with Crippen molar-refractivity contribution in [3.63, 3.8) is 0 Å². The second-order valence-corrected chi connectivity index (χ2v) is 5.79. The zero-order valence-corrected chi connectivity index (χ0v) is 13.8. The maximum atomic E-state index is 13.9. The van der Waals surface area contributed by atoms with Crippen LogP contribution in [0.1, 0.15) is 31.9 Å². The van der Waals surface area contributed by atoms with Crippen LogP contribution in [0.4, 0.5) is 10.1 Å². The minimum absolute atomic E-state index is 0.158. The van der Waals surface area contributed by atoms with Crippen molar-refractivity contribution in [3.8, 4) is 5.75 Å². The lowest BCUT2D eigenvalue weighted by Crippen LogP contribution is -2.10. The van der Waals surface area contributed by atoms with Gasteiger partial charge >= 0.3 is 0 Å². The summed E-state index contributed by atoms with van der Waals surface area (Å²) in [7, 11) is 0. The van der Waals surface area contributed by atoms with Gasteiger partial charge in [-0.2, -0.15) is 0 Å². The summed E-state index contributed by atoms with van der Waals surface area (Å²) in [5, 5.41) is 3.32. The molecule has 1 atom stereocenters. The summed E-state index contributed by atoms with van der Waals surface area (Å²) in [6.45, 7) is 4.66. The Bertz CT molecular complexity index is 603. The van der Waals surface area contributed by atoms with Crippen LogP contribution in [0.15, 0.2) is 46.9 Å². The van der Waals surface area contributed by atoms with E-state index in [9.17, 15) is 4.39 Å². The highest BCUT2D eigenvalue weighted by molar-refractivity contribution is 9.10. The van der Waals surface area contributed by atoms with Crippen LogP contribution < -0.4 is 10.1 Å². The number of para-hydroxylation sites is 2. The molecule has 0 amide bonds. The van der Waals surface area contributed by atoms with Gasteiger partial charge in [-0.25, -0.2) is 4.39 Å². The van der Waals surface area contributed by atoms with Gasteiger partial charge in [-0.05, 0) is 43.7 Å². The van der Waals surface area contributed by atoms with Gasteiger partial charge in [-0.1, -0.05) is 35.0 Å². The number of anilines is 1. The molecule has 1 N–H and O–H groups in total. The van der Waals surface area contributed by atoms with Crippen molar-refractivity contribution in [2.24, 2.45) is 0 Å². The van der Waals surface area contributed by atoms with Crippen LogP contribution in [0, 0.1) is 5.82 Å². The van der Waals surface area contributed by atoms with Crippen molar-refractivity contribution < 1.29 is 9.13 Å². The van der Waals surface area contributed by atoms with Crippen LogP contribution in [0.25, 0.3) is 0 Å². The summed E-state index contributed by atoms with van der Waals surface area (Å²) >= 11 is 3.38. The monoisotopic (exact) mass is 351 g/mol. The number of halogens is 2. The SMILES string of the molecule is CCCOc1ccccc1NC(C)c1cc(Br)ccc1F. The van der Waals surface area contributed by atoms with Gasteiger partial charge in [0.25, 0.3) is 0 Å². The Morgan fingerprint density at radius 1 is 1.24 bits per heavy atom. The van der Waals surface area contributed by atoms with Gasteiger partial charge < -0.3 is 10.1 Å². The van der Waals surface area contributed by atoms with E-state index in [1.807, 2.05) is 31.2 Å². The molecule has 0 aliphatic heterocycles. The van der Waals surface area contributed by atoms with Crippen LogP contribution in [-0.2, 0) is 0 Å². The second-order valence-electron chi connectivity index (χ2n) is 4.88. The normalized spacial score (nSPS) is 12.0. The molecule has 0 saturated heterocycles. The first-order valence-corrected chi connectivity index (χ1v) is 7.84. The molecule has 21 heavy (non-hydrogen) atoms. The number of benzene rings is 2. The summed E-state index contributed by atoms with van der Waals surface area (Å²) in [6, 6.07) is 12.5. The highest BCUT2D eigenvalue weighted by Gasteiger charge is 2.13. The molecule has 0 spiro atoms. The first-order chi connectivity index (χ1) is 10.1. The standard InChI is InChI=1S/C17H19BrFNO/c1-3-10-21-17-7-5-4-6-16(17)20-12(2)14-11-13(18)8-9-15(14)19/h4-9,11-12,20H,3,10H2,1-2H3. The van der Waals surface area contributed by atoms with Crippen molar-refractivity contribution in [1.82, 2.24) is 0 Å². The number of hydrogen-bond donors (Lipinski definition) is 1. The van der Waals surface area contributed by atoms with E-state index in [-0.39, 0.29) is 11.9 Å². The minimum atomic E-state index is -0.217. The average Bonchev–Trinajstić information content (AvgIpc) is 2.48. The van der Waals surface area contributed by atoms with Gasteiger partial charge in [0.15, 0.2) is 0 Å². The van der Waals surface area contributed by atoms with Crippen LogP contribution >= 0.6 is 15.9 Å². The van der Waals surface area contributed by atoms with E-state index in [1.165, 1.54) is 6.07 Å². The van der Waals surface area contributed by atoms with Crippen molar-refractivity contribution in [3.05, 3.63) is 58.3 Å². The molecular formula is C17H19BrFNO. The Hall–Kier alpha value is -1.55. The van der Waals surface area contributed by atoms with E-state index in [2.05, 4.69) is 28.2 Å². The van der Waals surface area contributed by atoms with Gasteiger partial charge in [-0.15, -0.1) is 0 Å². The quantitative estimate of drug-likeness (QED) is 0.736. The minimum Gasteiger partial charge on any atom is -0.491 e. The van der Waals surface area contributed by atoms with Crippen molar-refractivity contribution >= 4 is 21.6 Å². The van der Waals surface area contributed by atoms with Crippen LogP contribution in [0.2, 0.25) is 0 Å². The second kappa shape index (κ2) is 7.46. The van der Waals surface area contributed by atoms with E-state index < -0.39 is 0 Å². The average molecular weight is 352 g/mol. The highest BCUT2D eigenvalue weighted by Crippen LogP contribution is 2.30. The molecule has 0 heterocycles. The molecule has 4 heteroatoms. The zero-order valence-electron chi connectivity index (χ0n) is 12.2. The van der Waals surface area contributed by atoms with E-state index in [0.717, 1.165) is 22.3 Å². The molecule has 1 unspecified atom stereocenters. The first kappa shape index (κ1) is 15.8. The predicted octanol–water partition coefficient (Wildman–Crippen LogP) is 5.55. The van der Waals surface area contributed by atoms with Gasteiger partial charge in [0.05, 0.1) is 18.3 Å². The van der Waals surface area contributed by atoms with E-state index in [0.29, 0.717) is 12.2 Å². The topological polar surface area (TPSA) is 21.3 Å². The predicted molar refractivity (Wildman–Crippen MR) is 88.4 cm³/mol. The zero-order chi connectivity index (χ0) is 15.2. The molecule has 112 valence electrons. The fourth-order valence-corrected chi connectivity index (χ4v) is 2.46. The van der Waals surface area contributed by atoms with Crippen LogP contribution in [-0.4, -0.2) is 6.61 Å². The molecular weight excluding hydrogens is 333 g/mol. The maximum Gasteiger partial charge on any atom is 0.142 e. The summed E-state index contributed by atoms with van der Waals surface area (Å²) in [5.74, 6) is 0.576. The van der Waals surface area contributed by atoms with Crippen molar-refractivity contribution in [2.45, 2.75) is 26.3 Å². The Morgan fingerprint density at radius 2 is 2.00 bits per heavy atom. The smallest absolute Gasteiger partial charge is 0.142 e. The first-order valence-electron chi connectivity index (χ1n) is 7.05. The van der Waals surface area contributed by atoms with Crippen molar-refractivity contribution in [2.75, 3.05) is 11.9 Å². The Morgan fingerprint density at radius 3 is 2.76 bits per heavy atom. The molecule has 0 bridgehead atoms. The lowest BCUT2D eigenvalue weighted by Gasteiger charge is -2.19. The molecule has 2 aromatic rings. The van der Waals surface area contributed by atoms with Crippen LogP contribution in [0.3, 0.4) is 0 Å². The third-order valence-corrected chi connectivity index (χ3v) is 3.64. The number of rotatable bonds is 6. The van der Waals surface area contributed by atoms with Gasteiger partial charge in [0.1, 0.15) is 11.6 Å². The molecule has 0 aliphatic rings. The molecule has 0 aliphatic carbocycles. The summed E-state index contributed by atoms with van der Waals surface area (Å²) < 4.78 is 20.5. The Kier molecular flexibility index (Phi) is 5.62. The lowest BCUT2D eigenvalue weighted by molar-refractivity contribution is 0.318. The van der Waals surface area contributed by atoms with Crippen LogP contribution in [0.5, 0.6) is 5.75 Å².